The molecule has 9 heavy (non-hydrogen) atoms. The lowest BCUT2D eigenvalue weighted by atomic mass is 10.3. The molecule has 0 aromatic carbocycles. The first-order valence-corrected chi connectivity index (χ1v) is 3.80. The summed E-state index contributed by atoms with van der Waals surface area (Å²) in [6.07, 6.45) is 2.61. The molecule has 1 atom stereocenters. The predicted octanol–water partition coefficient (Wildman–Crippen LogP) is 1.00. The molecule has 48 valence electrons. The third-order valence-electron chi connectivity index (χ3n) is 1.03. The van der Waals surface area contributed by atoms with E-state index in [1.807, 2.05) is 11.5 Å². The molecule has 0 bridgehead atoms. The van der Waals surface area contributed by atoms with Gasteiger partial charge in [0.05, 0.1) is 5.25 Å². The lowest BCUT2D eigenvalue weighted by Gasteiger charge is -2.05. The summed E-state index contributed by atoms with van der Waals surface area (Å²) >= 11 is 1.67. The Bertz CT molecular complexity index is 163. The van der Waals surface area contributed by atoms with Gasteiger partial charge in [-0.05, 0) is 17.9 Å². The summed E-state index contributed by atoms with van der Waals surface area (Å²) in [4.78, 5) is 0. The number of hydrogen-bond donors (Lipinski definition) is 1. The Labute approximate surface area is 59.2 Å². The van der Waals surface area contributed by atoms with E-state index < -0.39 is 0 Å². The number of aliphatic hydroxyl groups excluding tert-OH is 1. The van der Waals surface area contributed by atoms with Crippen LogP contribution in [0, 0.1) is 11.8 Å². The molecule has 0 fully saturated rings. The maximum Gasteiger partial charge on any atom is 0.0723 e. The minimum absolute atomic E-state index is 0.236. The Balaban J connectivity index is 2.34. The third kappa shape index (κ3) is 2.13. The molecule has 1 rings (SSSR count). The van der Waals surface area contributed by atoms with Crippen molar-refractivity contribution in [1.29, 1.82) is 0 Å². The molecular weight excluding hydrogens is 132 g/mol. The fourth-order valence-electron chi connectivity index (χ4n) is 0.601. The summed E-state index contributed by atoms with van der Waals surface area (Å²) in [5.41, 5.74) is 0. The van der Waals surface area contributed by atoms with Crippen molar-refractivity contribution in [2.75, 3.05) is 6.61 Å². The van der Waals surface area contributed by atoms with Crippen molar-refractivity contribution >= 4 is 11.8 Å². The second-order valence-electron chi connectivity index (χ2n) is 1.73. The van der Waals surface area contributed by atoms with Crippen molar-refractivity contribution in [2.24, 2.45) is 0 Å². The Morgan fingerprint density at radius 2 is 2.56 bits per heavy atom. The van der Waals surface area contributed by atoms with E-state index in [1.165, 1.54) is 0 Å². The van der Waals surface area contributed by atoms with Crippen LogP contribution >= 0.6 is 11.8 Å². The van der Waals surface area contributed by atoms with Crippen molar-refractivity contribution < 1.29 is 5.11 Å². The molecule has 1 N–H and O–H groups in total. The van der Waals surface area contributed by atoms with E-state index in [9.17, 15) is 0 Å². The Hall–Kier alpha value is -0.390. The molecule has 0 aromatic heterocycles. The van der Waals surface area contributed by atoms with Crippen molar-refractivity contribution in [3.05, 3.63) is 11.5 Å². The second kappa shape index (κ2) is 3.60. The lowest BCUT2D eigenvalue weighted by Crippen LogP contribution is -2.01. The van der Waals surface area contributed by atoms with Crippen LogP contribution in [0.1, 0.15) is 6.42 Å². The normalized spacial score (nSPS) is 23.0. The molecule has 1 aliphatic rings. The molecule has 0 radical (unpaired) electrons. The van der Waals surface area contributed by atoms with Crippen molar-refractivity contribution in [3.63, 3.8) is 0 Å². The maximum absolute atomic E-state index is 8.51. The summed E-state index contributed by atoms with van der Waals surface area (Å²) in [7, 11) is 0. The summed E-state index contributed by atoms with van der Waals surface area (Å²) in [6, 6.07) is 0. The Morgan fingerprint density at radius 3 is 3.11 bits per heavy atom. The number of thioether (sulfide) groups is 1. The molecule has 0 spiro atoms. The minimum atomic E-state index is 0.236. The highest BCUT2D eigenvalue weighted by Crippen LogP contribution is 2.16. The molecule has 1 heterocycles. The van der Waals surface area contributed by atoms with E-state index in [0.717, 1.165) is 6.42 Å². The van der Waals surface area contributed by atoms with Crippen LogP contribution in [0.25, 0.3) is 0 Å². The average Bonchev–Trinajstić information content (AvgIpc) is 1.91. The molecular formula is C7H8OS. The van der Waals surface area contributed by atoms with E-state index in [4.69, 9.17) is 5.11 Å². The average molecular weight is 140 g/mol. The number of hydrogen-bond acceptors (Lipinski definition) is 2. The Morgan fingerprint density at radius 1 is 1.67 bits per heavy atom. The van der Waals surface area contributed by atoms with Gasteiger partial charge in [0.15, 0.2) is 0 Å². The number of allylic oxidation sites excluding steroid dienone is 1. The lowest BCUT2D eigenvalue weighted by molar-refractivity contribution is 0.292. The van der Waals surface area contributed by atoms with Gasteiger partial charge in [-0.1, -0.05) is 11.8 Å². The first-order valence-electron chi connectivity index (χ1n) is 2.86. The van der Waals surface area contributed by atoms with E-state index in [1.54, 1.807) is 11.8 Å². The molecule has 0 amide bonds. The zero-order valence-electron chi connectivity index (χ0n) is 5.00. The van der Waals surface area contributed by atoms with Gasteiger partial charge in [-0.25, -0.2) is 0 Å². The van der Waals surface area contributed by atoms with Gasteiger partial charge < -0.3 is 5.11 Å². The molecule has 0 saturated carbocycles. The van der Waals surface area contributed by atoms with Gasteiger partial charge >= 0.3 is 0 Å². The molecule has 1 unspecified atom stereocenters. The quantitative estimate of drug-likeness (QED) is 0.577. The fraction of sp³-hybridized carbons (Fsp3) is 0.429. The van der Waals surface area contributed by atoms with E-state index in [2.05, 4.69) is 11.8 Å². The summed E-state index contributed by atoms with van der Waals surface area (Å²) in [5.74, 6) is 5.84. The van der Waals surface area contributed by atoms with Gasteiger partial charge in [-0.15, -0.1) is 11.8 Å². The first kappa shape index (κ1) is 6.73. The molecule has 1 nitrogen and oxygen atoms in total. The number of rotatable bonds is 2. The van der Waals surface area contributed by atoms with Crippen LogP contribution in [0.3, 0.4) is 0 Å². The van der Waals surface area contributed by atoms with Crippen LogP contribution in [0.4, 0.5) is 0 Å². The molecule has 0 saturated heterocycles. The van der Waals surface area contributed by atoms with Crippen LogP contribution in [0.5, 0.6) is 0 Å². The molecule has 1 aliphatic heterocycles. The van der Waals surface area contributed by atoms with E-state index in [0.29, 0.717) is 5.25 Å². The first-order chi connectivity index (χ1) is 4.43. The standard InChI is InChI=1S/C7H8OS/c8-5-4-7-3-1-2-6-9-7/h2,6-8H,4-5H2. The smallest absolute Gasteiger partial charge is 0.0723 e. The van der Waals surface area contributed by atoms with Gasteiger partial charge in [0.2, 0.25) is 0 Å². The van der Waals surface area contributed by atoms with Gasteiger partial charge in [-0.2, -0.15) is 0 Å². The zero-order chi connectivity index (χ0) is 6.53. The van der Waals surface area contributed by atoms with Crippen LogP contribution in [-0.4, -0.2) is 17.0 Å². The maximum atomic E-state index is 8.51. The van der Waals surface area contributed by atoms with Gasteiger partial charge in [0.25, 0.3) is 0 Å². The number of aliphatic hydroxyl groups is 1. The van der Waals surface area contributed by atoms with Crippen LogP contribution in [-0.2, 0) is 0 Å². The van der Waals surface area contributed by atoms with Gasteiger partial charge in [0, 0.05) is 6.61 Å². The fourth-order valence-corrected chi connectivity index (χ4v) is 1.31. The summed E-state index contributed by atoms with van der Waals surface area (Å²) in [6.45, 7) is 0.236. The van der Waals surface area contributed by atoms with E-state index >= 15 is 0 Å². The van der Waals surface area contributed by atoms with E-state index in [-0.39, 0.29) is 6.61 Å². The summed E-state index contributed by atoms with van der Waals surface area (Å²) in [5, 5.41) is 10.8. The minimum Gasteiger partial charge on any atom is -0.396 e. The highest BCUT2D eigenvalue weighted by Gasteiger charge is 2.02. The van der Waals surface area contributed by atoms with Gasteiger partial charge in [0.1, 0.15) is 0 Å². The zero-order valence-corrected chi connectivity index (χ0v) is 5.82. The highest BCUT2D eigenvalue weighted by atomic mass is 32.2. The molecule has 2 heteroatoms. The largest absolute Gasteiger partial charge is 0.396 e. The third-order valence-corrected chi connectivity index (χ3v) is 2.01. The second-order valence-corrected chi connectivity index (χ2v) is 2.84. The highest BCUT2D eigenvalue weighted by molar-refractivity contribution is 8.03. The SMILES string of the molecule is OCCC1C#CC=CS1. The molecule has 0 aliphatic carbocycles. The Kier molecular flexibility index (Phi) is 2.69. The van der Waals surface area contributed by atoms with Crippen LogP contribution in [0.15, 0.2) is 11.5 Å². The topological polar surface area (TPSA) is 20.2 Å². The van der Waals surface area contributed by atoms with Crippen LogP contribution in [0.2, 0.25) is 0 Å². The van der Waals surface area contributed by atoms with Crippen molar-refractivity contribution in [3.8, 4) is 11.8 Å². The molecule has 0 aromatic rings. The summed E-state index contributed by atoms with van der Waals surface area (Å²) < 4.78 is 0. The van der Waals surface area contributed by atoms with Crippen LogP contribution < -0.4 is 0 Å². The van der Waals surface area contributed by atoms with Crippen molar-refractivity contribution in [1.82, 2.24) is 0 Å². The van der Waals surface area contributed by atoms with Crippen molar-refractivity contribution in [2.45, 2.75) is 11.7 Å². The van der Waals surface area contributed by atoms with Gasteiger partial charge in [-0.3, -0.25) is 0 Å². The monoisotopic (exact) mass is 140 g/mol. The predicted molar refractivity (Wildman–Crippen MR) is 40.0 cm³/mol.